The number of nitrogens with one attached hydrogen (secondary N) is 1. The van der Waals surface area contributed by atoms with Crippen LogP contribution in [0.2, 0.25) is 0 Å². The lowest BCUT2D eigenvalue weighted by Crippen LogP contribution is -2.15. The van der Waals surface area contributed by atoms with Crippen molar-refractivity contribution in [3.63, 3.8) is 0 Å². The minimum Gasteiger partial charge on any atom is -0.464 e. The highest BCUT2D eigenvalue weighted by molar-refractivity contribution is 6.02. The second-order valence-corrected chi connectivity index (χ2v) is 7.08. The molecule has 0 spiro atoms. The first-order valence-electron chi connectivity index (χ1n) is 9.78. The van der Waals surface area contributed by atoms with Gasteiger partial charge in [-0.15, -0.1) is 0 Å². The highest BCUT2D eigenvalue weighted by atomic mass is 16.6. The van der Waals surface area contributed by atoms with Crippen molar-refractivity contribution in [3.05, 3.63) is 100.0 Å². The summed E-state index contributed by atoms with van der Waals surface area (Å²) < 4.78 is 8.59. The lowest BCUT2D eigenvalue weighted by atomic mass is 10.1. The van der Waals surface area contributed by atoms with E-state index in [-0.39, 0.29) is 23.9 Å². The van der Waals surface area contributed by atoms with Crippen molar-refractivity contribution < 1.29 is 14.5 Å². The van der Waals surface area contributed by atoms with Gasteiger partial charge in [-0.05, 0) is 24.6 Å². The third-order valence-corrected chi connectivity index (χ3v) is 4.64. The summed E-state index contributed by atoms with van der Waals surface area (Å²) in [7, 11) is 0. The highest BCUT2D eigenvalue weighted by Gasteiger charge is 2.15. The molecule has 1 N–H and O–H groups in total. The van der Waals surface area contributed by atoms with E-state index in [0.717, 1.165) is 5.56 Å². The van der Waals surface area contributed by atoms with E-state index < -0.39 is 10.8 Å². The standard InChI is InChI=1S/C22H20N6O4/c1-16-6-8-17(9-7-16)14-26-13-11-21(25-26)23-22(29)18-10-12-27(24-18)15-32-20-5-3-2-4-19(20)28(30)31/h2-13H,14-15H2,1H3,(H,23,25,29). The zero-order valence-electron chi connectivity index (χ0n) is 17.2. The number of hydrogen-bond acceptors (Lipinski definition) is 6. The number of amides is 1. The number of benzene rings is 2. The maximum Gasteiger partial charge on any atom is 0.311 e. The van der Waals surface area contributed by atoms with E-state index in [1.807, 2.05) is 31.2 Å². The van der Waals surface area contributed by atoms with Gasteiger partial charge < -0.3 is 10.1 Å². The van der Waals surface area contributed by atoms with E-state index in [1.165, 1.54) is 28.4 Å². The second kappa shape index (κ2) is 9.13. The van der Waals surface area contributed by atoms with Crippen LogP contribution in [0.4, 0.5) is 11.5 Å². The summed E-state index contributed by atoms with van der Waals surface area (Å²) in [4.78, 5) is 23.0. The van der Waals surface area contributed by atoms with Gasteiger partial charge in [-0.1, -0.05) is 42.0 Å². The van der Waals surface area contributed by atoms with Crippen LogP contribution in [0.5, 0.6) is 5.75 Å². The van der Waals surface area contributed by atoms with Crippen LogP contribution in [0, 0.1) is 17.0 Å². The van der Waals surface area contributed by atoms with Crippen LogP contribution in [0.25, 0.3) is 0 Å². The molecule has 4 rings (SSSR count). The van der Waals surface area contributed by atoms with Crippen molar-refractivity contribution >= 4 is 17.4 Å². The Morgan fingerprint density at radius 3 is 2.56 bits per heavy atom. The van der Waals surface area contributed by atoms with E-state index in [4.69, 9.17) is 4.74 Å². The van der Waals surface area contributed by atoms with Gasteiger partial charge in [0.05, 0.1) is 11.5 Å². The highest BCUT2D eigenvalue weighted by Crippen LogP contribution is 2.26. The smallest absolute Gasteiger partial charge is 0.311 e. The normalized spacial score (nSPS) is 10.7. The Balaban J connectivity index is 1.35. The van der Waals surface area contributed by atoms with Crippen molar-refractivity contribution in [1.29, 1.82) is 0 Å². The Labute approximate surface area is 183 Å². The molecule has 0 saturated heterocycles. The number of anilines is 1. The first-order chi connectivity index (χ1) is 15.5. The van der Waals surface area contributed by atoms with Crippen LogP contribution in [-0.4, -0.2) is 30.4 Å². The van der Waals surface area contributed by atoms with Crippen molar-refractivity contribution in [2.45, 2.75) is 20.2 Å². The van der Waals surface area contributed by atoms with Gasteiger partial charge in [0.1, 0.15) is 0 Å². The molecule has 162 valence electrons. The van der Waals surface area contributed by atoms with Crippen LogP contribution in [-0.2, 0) is 13.3 Å². The molecule has 0 aliphatic heterocycles. The van der Waals surface area contributed by atoms with Gasteiger partial charge in [-0.3, -0.25) is 19.6 Å². The summed E-state index contributed by atoms with van der Waals surface area (Å²) in [5, 5.41) is 22.3. The van der Waals surface area contributed by atoms with Gasteiger partial charge in [0.2, 0.25) is 0 Å². The van der Waals surface area contributed by atoms with E-state index in [1.54, 1.807) is 35.3 Å². The third kappa shape index (κ3) is 4.98. The molecule has 0 aliphatic carbocycles. The summed E-state index contributed by atoms with van der Waals surface area (Å²) in [6.45, 7) is 2.54. The molecule has 0 aliphatic rings. The molecular formula is C22H20N6O4. The maximum atomic E-state index is 12.5. The largest absolute Gasteiger partial charge is 0.464 e. The summed E-state index contributed by atoms with van der Waals surface area (Å²) in [5.74, 6) is 0.112. The summed E-state index contributed by atoms with van der Waals surface area (Å²) in [6, 6.07) is 17.4. The minimum atomic E-state index is -0.519. The van der Waals surface area contributed by atoms with Crippen LogP contribution in [0.3, 0.4) is 0 Å². The fraction of sp³-hybridized carbons (Fsp3) is 0.136. The molecule has 2 aromatic heterocycles. The van der Waals surface area contributed by atoms with E-state index in [9.17, 15) is 14.9 Å². The number of nitro benzene ring substituents is 1. The molecule has 4 aromatic rings. The van der Waals surface area contributed by atoms with Crippen molar-refractivity contribution in [3.8, 4) is 5.75 Å². The molecule has 0 atom stereocenters. The molecule has 0 saturated carbocycles. The zero-order chi connectivity index (χ0) is 22.5. The topological polar surface area (TPSA) is 117 Å². The summed E-state index contributed by atoms with van der Waals surface area (Å²) in [6.07, 6.45) is 3.34. The molecular weight excluding hydrogens is 412 g/mol. The van der Waals surface area contributed by atoms with Crippen molar-refractivity contribution in [1.82, 2.24) is 19.6 Å². The zero-order valence-corrected chi connectivity index (χ0v) is 17.2. The van der Waals surface area contributed by atoms with E-state index in [0.29, 0.717) is 12.4 Å². The average Bonchev–Trinajstić information content (AvgIpc) is 3.43. The van der Waals surface area contributed by atoms with Gasteiger partial charge in [-0.25, -0.2) is 4.68 Å². The lowest BCUT2D eigenvalue weighted by Gasteiger charge is -2.06. The molecule has 32 heavy (non-hydrogen) atoms. The number of para-hydroxylation sites is 2. The van der Waals surface area contributed by atoms with Gasteiger partial charge in [0.25, 0.3) is 5.91 Å². The number of nitrogens with zero attached hydrogens (tertiary/aromatic N) is 5. The molecule has 2 heterocycles. The number of rotatable bonds is 8. The minimum absolute atomic E-state index is 0.0800. The first kappa shape index (κ1) is 20.8. The number of nitro groups is 1. The molecule has 1 amide bonds. The average molecular weight is 432 g/mol. The Morgan fingerprint density at radius 1 is 1.03 bits per heavy atom. The summed E-state index contributed by atoms with van der Waals surface area (Å²) in [5.41, 5.74) is 2.33. The number of ether oxygens (including phenoxy) is 1. The quantitative estimate of drug-likeness (QED) is 0.336. The lowest BCUT2D eigenvalue weighted by molar-refractivity contribution is -0.386. The molecule has 0 unspecified atom stereocenters. The summed E-state index contributed by atoms with van der Waals surface area (Å²) >= 11 is 0. The fourth-order valence-electron chi connectivity index (χ4n) is 3.00. The number of hydrogen-bond donors (Lipinski definition) is 1. The van der Waals surface area contributed by atoms with Gasteiger partial charge in [-0.2, -0.15) is 10.2 Å². The predicted molar refractivity (Wildman–Crippen MR) is 116 cm³/mol. The molecule has 10 nitrogen and oxygen atoms in total. The van der Waals surface area contributed by atoms with Crippen LogP contribution in [0.15, 0.2) is 73.1 Å². The third-order valence-electron chi connectivity index (χ3n) is 4.64. The number of aromatic nitrogens is 4. The molecule has 10 heteroatoms. The molecule has 0 bridgehead atoms. The Bertz CT molecular complexity index is 1250. The van der Waals surface area contributed by atoms with Crippen LogP contribution in [0.1, 0.15) is 21.6 Å². The number of carbonyl (C=O) groups is 1. The van der Waals surface area contributed by atoms with Gasteiger partial charge in [0, 0.05) is 24.5 Å². The van der Waals surface area contributed by atoms with Gasteiger partial charge in [0.15, 0.2) is 24.0 Å². The molecule has 2 aromatic carbocycles. The number of carbonyl (C=O) groups excluding carboxylic acids is 1. The SMILES string of the molecule is Cc1ccc(Cn2ccc(NC(=O)c3ccn(COc4ccccc4[N+](=O)[O-])n3)n2)cc1. The Hall–Kier alpha value is -4.47. The van der Waals surface area contributed by atoms with E-state index in [2.05, 4.69) is 15.5 Å². The van der Waals surface area contributed by atoms with Crippen LogP contribution >= 0.6 is 0 Å². The van der Waals surface area contributed by atoms with Gasteiger partial charge >= 0.3 is 5.69 Å². The monoisotopic (exact) mass is 432 g/mol. The molecule has 0 radical (unpaired) electrons. The fourth-order valence-corrected chi connectivity index (χ4v) is 3.00. The first-order valence-corrected chi connectivity index (χ1v) is 9.78. The predicted octanol–water partition coefficient (Wildman–Crippen LogP) is 3.63. The Kier molecular flexibility index (Phi) is 5.93. The second-order valence-electron chi connectivity index (χ2n) is 7.08. The Morgan fingerprint density at radius 2 is 1.78 bits per heavy atom. The number of aryl methyl sites for hydroxylation is 1. The maximum absolute atomic E-state index is 12.5. The van der Waals surface area contributed by atoms with Crippen molar-refractivity contribution in [2.75, 3.05) is 5.32 Å². The van der Waals surface area contributed by atoms with Crippen molar-refractivity contribution in [2.24, 2.45) is 0 Å². The van der Waals surface area contributed by atoms with Crippen LogP contribution < -0.4 is 10.1 Å². The molecule has 0 fully saturated rings. The van der Waals surface area contributed by atoms with E-state index >= 15 is 0 Å².